The molecule has 5 nitrogen and oxygen atoms in total. The van der Waals surface area contributed by atoms with Gasteiger partial charge in [-0.3, -0.25) is 9.48 Å². The Morgan fingerprint density at radius 2 is 2.12 bits per heavy atom. The lowest BCUT2D eigenvalue weighted by Crippen LogP contribution is -2.14. The smallest absolute Gasteiger partial charge is 0.359 e. The number of carbonyl (C=O) groups is 2. The third kappa shape index (κ3) is 5.15. The van der Waals surface area contributed by atoms with Crippen LogP contribution in [0.1, 0.15) is 23.4 Å². The van der Waals surface area contributed by atoms with Gasteiger partial charge in [-0.05, 0) is 37.5 Å². The average molecular weight is 373 g/mol. The molecule has 2 rings (SSSR count). The monoisotopic (exact) mass is 373 g/mol. The molecule has 136 valence electrons. The molecule has 0 saturated heterocycles. The Balaban J connectivity index is 2.04. The number of hydrogen-bond donors (Lipinski definition) is 1. The topological polar surface area (TPSA) is 64.0 Å². The molecule has 0 aliphatic rings. The molecular weight excluding hydrogens is 355 g/mol. The molecule has 0 aromatic carbocycles. The predicted molar refractivity (Wildman–Crippen MR) is 88.1 cm³/mol. The summed E-state index contributed by atoms with van der Waals surface area (Å²) in [6.45, 7) is 0.512. The van der Waals surface area contributed by atoms with Gasteiger partial charge in [0, 0.05) is 24.4 Å². The van der Waals surface area contributed by atoms with Crippen LogP contribution in [0.5, 0.6) is 0 Å². The van der Waals surface area contributed by atoms with E-state index in [-0.39, 0.29) is 11.6 Å². The SMILES string of the molecule is Cn1nc(-c2ccc(CC(C=O)CCCNC=O)s2)cc1C(F)(F)F. The molecule has 1 atom stereocenters. The van der Waals surface area contributed by atoms with E-state index in [1.807, 2.05) is 6.07 Å². The number of amides is 1. The molecule has 9 heteroatoms. The third-order valence-corrected chi connectivity index (χ3v) is 4.85. The summed E-state index contributed by atoms with van der Waals surface area (Å²) < 4.78 is 39.4. The van der Waals surface area contributed by atoms with Crippen LogP contribution in [0.2, 0.25) is 0 Å². The van der Waals surface area contributed by atoms with E-state index in [1.54, 1.807) is 6.07 Å². The number of rotatable bonds is 9. The van der Waals surface area contributed by atoms with Crippen molar-refractivity contribution in [1.82, 2.24) is 15.1 Å². The van der Waals surface area contributed by atoms with Crippen LogP contribution in [-0.2, 0) is 29.2 Å². The molecule has 1 unspecified atom stereocenters. The van der Waals surface area contributed by atoms with Crippen LogP contribution in [0.15, 0.2) is 18.2 Å². The Hall–Kier alpha value is -2.16. The van der Waals surface area contributed by atoms with E-state index in [0.717, 1.165) is 21.9 Å². The Kier molecular flexibility index (Phi) is 6.35. The molecule has 2 heterocycles. The third-order valence-electron chi connectivity index (χ3n) is 3.72. The van der Waals surface area contributed by atoms with Crippen molar-refractivity contribution in [2.24, 2.45) is 13.0 Å². The van der Waals surface area contributed by atoms with Crippen LogP contribution in [-0.4, -0.2) is 29.0 Å². The van der Waals surface area contributed by atoms with E-state index in [4.69, 9.17) is 0 Å². The fraction of sp³-hybridized carbons (Fsp3) is 0.438. The highest BCUT2D eigenvalue weighted by Gasteiger charge is 2.35. The number of hydrogen-bond acceptors (Lipinski definition) is 4. The standard InChI is InChI=1S/C16H18F3N3O2S/c1-22-15(16(17,18)19)8-13(21-22)14-5-4-12(25-14)7-11(9-23)3-2-6-20-10-24/h4-5,8-11H,2-3,6-7H2,1H3,(H,20,24). The first-order valence-corrected chi connectivity index (χ1v) is 8.49. The molecule has 0 aliphatic carbocycles. The van der Waals surface area contributed by atoms with Gasteiger partial charge in [-0.25, -0.2) is 0 Å². The molecule has 0 bridgehead atoms. The summed E-state index contributed by atoms with van der Waals surface area (Å²) in [5, 5.41) is 6.47. The van der Waals surface area contributed by atoms with Crippen molar-refractivity contribution in [1.29, 1.82) is 0 Å². The van der Waals surface area contributed by atoms with Crippen LogP contribution in [0.4, 0.5) is 13.2 Å². The second-order valence-corrected chi connectivity index (χ2v) is 6.78. The van der Waals surface area contributed by atoms with Gasteiger partial charge < -0.3 is 10.1 Å². The fourth-order valence-electron chi connectivity index (χ4n) is 2.48. The van der Waals surface area contributed by atoms with Crippen molar-refractivity contribution in [3.05, 3.63) is 28.8 Å². The number of thiophene rings is 1. The van der Waals surface area contributed by atoms with E-state index in [0.29, 0.717) is 37.1 Å². The molecule has 0 fully saturated rings. The lowest BCUT2D eigenvalue weighted by Gasteiger charge is -2.08. The zero-order valence-electron chi connectivity index (χ0n) is 13.5. The Morgan fingerprint density at radius 1 is 1.36 bits per heavy atom. The highest BCUT2D eigenvalue weighted by Crippen LogP contribution is 2.34. The molecule has 0 spiro atoms. The molecule has 2 aromatic rings. The Bertz CT molecular complexity index is 725. The number of nitrogens with zero attached hydrogens (tertiary/aromatic N) is 2. The second-order valence-electron chi connectivity index (χ2n) is 5.62. The van der Waals surface area contributed by atoms with E-state index in [1.165, 1.54) is 18.4 Å². The summed E-state index contributed by atoms with van der Waals surface area (Å²) in [6.07, 6.45) is -1.10. The van der Waals surface area contributed by atoms with Gasteiger partial charge in [0.2, 0.25) is 6.41 Å². The van der Waals surface area contributed by atoms with Gasteiger partial charge in [0.1, 0.15) is 17.7 Å². The van der Waals surface area contributed by atoms with Gasteiger partial charge in [-0.15, -0.1) is 11.3 Å². The van der Waals surface area contributed by atoms with Crippen molar-refractivity contribution < 1.29 is 22.8 Å². The van der Waals surface area contributed by atoms with E-state index < -0.39 is 11.9 Å². The van der Waals surface area contributed by atoms with Gasteiger partial charge in [0.25, 0.3) is 0 Å². The highest BCUT2D eigenvalue weighted by molar-refractivity contribution is 7.15. The molecule has 0 radical (unpaired) electrons. The summed E-state index contributed by atoms with van der Waals surface area (Å²) in [7, 11) is 1.26. The van der Waals surface area contributed by atoms with Crippen LogP contribution in [0.25, 0.3) is 10.6 Å². The van der Waals surface area contributed by atoms with Crippen molar-refractivity contribution in [3.63, 3.8) is 0 Å². The van der Waals surface area contributed by atoms with Crippen molar-refractivity contribution in [2.45, 2.75) is 25.4 Å². The van der Waals surface area contributed by atoms with Crippen molar-refractivity contribution in [3.8, 4) is 10.6 Å². The maximum Gasteiger partial charge on any atom is 0.433 e. The minimum Gasteiger partial charge on any atom is -0.359 e. The number of nitrogens with one attached hydrogen (secondary N) is 1. The van der Waals surface area contributed by atoms with Gasteiger partial charge in [0.05, 0.1) is 4.88 Å². The maximum atomic E-state index is 12.9. The number of aldehydes is 1. The minimum atomic E-state index is -4.45. The van der Waals surface area contributed by atoms with Crippen LogP contribution < -0.4 is 5.32 Å². The first-order chi connectivity index (χ1) is 11.8. The maximum absolute atomic E-state index is 12.9. The Labute approximate surface area is 146 Å². The largest absolute Gasteiger partial charge is 0.433 e. The summed E-state index contributed by atoms with van der Waals surface area (Å²) in [5.74, 6) is -0.186. The summed E-state index contributed by atoms with van der Waals surface area (Å²) in [5.41, 5.74) is -0.533. The number of halogens is 3. The lowest BCUT2D eigenvalue weighted by molar-refractivity contribution is -0.143. The normalized spacial score (nSPS) is 12.8. The summed E-state index contributed by atoms with van der Waals surface area (Å²) in [4.78, 5) is 22.9. The van der Waals surface area contributed by atoms with Gasteiger partial charge in [-0.1, -0.05) is 0 Å². The Morgan fingerprint density at radius 3 is 2.72 bits per heavy atom. The average Bonchev–Trinajstić information content (AvgIpc) is 3.16. The van der Waals surface area contributed by atoms with Crippen LogP contribution >= 0.6 is 11.3 Å². The van der Waals surface area contributed by atoms with Crippen molar-refractivity contribution >= 4 is 24.0 Å². The van der Waals surface area contributed by atoms with Crippen LogP contribution in [0.3, 0.4) is 0 Å². The van der Waals surface area contributed by atoms with E-state index in [9.17, 15) is 22.8 Å². The zero-order valence-corrected chi connectivity index (χ0v) is 14.4. The summed E-state index contributed by atoms with van der Waals surface area (Å²) >= 11 is 1.33. The molecule has 2 aromatic heterocycles. The summed E-state index contributed by atoms with van der Waals surface area (Å²) in [6, 6.07) is 4.55. The molecule has 25 heavy (non-hydrogen) atoms. The zero-order chi connectivity index (χ0) is 18.4. The number of alkyl halides is 3. The van der Waals surface area contributed by atoms with Crippen molar-refractivity contribution in [2.75, 3.05) is 6.54 Å². The van der Waals surface area contributed by atoms with Crippen LogP contribution in [0, 0.1) is 5.92 Å². The molecule has 0 saturated carbocycles. The minimum absolute atomic E-state index is 0.186. The molecule has 1 amide bonds. The van der Waals surface area contributed by atoms with Gasteiger partial charge in [-0.2, -0.15) is 18.3 Å². The van der Waals surface area contributed by atoms with E-state index in [2.05, 4.69) is 10.4 Å². The molecule has 1 N–H and O–H groups in total. The second kappa shape index (κ2) is 8.28. The predicted octanol–water partition coefficient (Wildman–Crippen LogP) is 3.05. The molecule has 0 aliphatic heterocycles. The van der Waals surface area contributed by atoms with E-state index >= 15 is 0 Å². The lowest BCUT2D eigenvalue weighted by atomic mass is 10.0. The molecular formula is C16H18F3N3O2S. The van der Waals surface area contributed by atoms with Gasteiger partial charge >= 0.3 is 6.18 Å². The quantitative estimate of drug-likeness (QED) is 0.543. The number of aryl methyl sites for hydroxylation is 1. The first-order valence-electron chi connectivity index (χ1n) is 7.67. The number of aromatic nitrogens is 2. The first kappa shape index (κ1) is 19.2. The fourth-order valence-corrected chi connectivity index (χ4v) is 3.54. The van der Waals surface area contributed by atoms with Gasteiger partial charge in [0.15, 0.2) is 0 Å². The number of carbonyl (C=O) groups excluding carboxylic acids is 2. The highest BCUT2D eigenvalue weighted by atomic mass is 32.1.